The smallest absolute Gasteiger partial charge is 0.328 e. The molecule has 0 saturated carbocycles. The summed E-state index contributed by atoms with van der Waals surface area (Å²) in [6.07, 6.45) is 3.07. The number of nitrogens with zero attached hydrogens (tertiary/aromatic N) is 2. The second-order valence-corrected chi connectivity index (χ2v) is 3.41. The zero-order valence-electron chi connectivity index (χ0n) is 8.90. The van der Waals surface area contributed by atoms with Gasteiger partial charge in [0.15, 0.2) is 0 Å². The Bertz CT molecular complexity index is 368. The van der Waals surface area contributed by atoms with E-state index >= 15 is 0 Å². The van der Waals surface area contributed by atoms with Crippen molar-refractivity contribution in [2.45, 2.75) is 13.5 Å². The van der Waals surface area contributed by atoms with Crippen molar-refractivity contribution in [3.8, 4) is 0 Å². The first kappa shape index (κ1) is 11.5. The summed E-state index contributed by atoms with van der Waals surface area (Å²) in [7, 11) is 1.86. The van der Waals surface area contributed by atoms with E-state index in [1.54, 1.807) is 11.6 Å². The van der Waals surface area contributed by atoms with Crippen LogP contribution in [-0.4, -0.2) is 27.4 Å². The highest BCUT2D eigenvalue weighted by molar-refractivity contribution is 5.80. The van der Waals surface area contributed by atoms with Crippen LogP contribution in [0.2, 0.25) is 0 Å². The summed E-state index contributed by atoms with van der Waals surface area (Å²) >= 11 is 0. The van der Waals surface area contributed by atoms with Crippen molar-refractivity contribution in [1.29, 1.82) is 0 Å². The molecule has 0 aliphatic carbocycles. The third-order valence-corrected chi connectivity index (χ3v) is 1.85. The van der Waals surface area contributed by atoms with Crippen LogP contribution in [0.25, 0.3) is 0 Å². The lowest BCUT2D eigenvalue weighted by atomic mass is 10.3. The maximum Gasteiger partial charge on any atom is 0.328 e. The van der Waals surface area contributed by atoms with E-state index < -0.39 is 5.97 Å². The van der Waals surface area contributed by atoms with Gasteiger partial charge in [-0.1, -0.05) is 5.57 Å². The van der Waals surface area contributed by atoms with Crippen LogP contribution in [0.1, 0.15) is 12.6 Å². The van der Waals surface area contributed by atoms with Crippen LogP contribution >= 0.6 is 0 Å². The fourth-order valence-electron chi connectivity index (χ4n) is 1.21. The van der Waals surface area contributed by atoms with Crippen LogP contribution in [0.4, 0.5) is 0 Å². The summed E-state index contributed by atoms with van der Waals surface area (Å²) in [5.41, 5.74) is 1.74. The molecule has 0 radical (unpaired) electrons. The van der Waals surface area contributed by atoms with Gasteiger partial charge in [-0.2, -0.15) is 5.10 Å². The molecule has 0 aromatic carbocycles. The second kappa shape index (κ2) is 5.31. The third kappa shape index (κ3) is 4.42. The number of carbonyl (C=O) groups is 1. The molecule has 0 spiro atoms. The minimum atomic E-state index is -0.910. The van der Waals surface area contributed by atoms with E-state index in [2.05, 4.69) is 10.4 Å². The van der Waals surface area contributed by atoms with Crippen molar-refractivity contribution < 1.29 is 9.90 Å². The van der Waals surface area contributed by atoms with Crippen LogP contribution in [-0.2, 0) is 18.4 Å². The summed E-state index contributed by atoms with van der Waals surface area (Å²) in [5, 5.41) is 15.8. The van der Waals surface area contributed by atoms with E-state index in [0.29, 0.717) is 13.1 Å². The van der Waals surface area contributed by atoms with Crippen molar-refractivity contribution in [3.63, 3.8) is 0 Å². The minimum Gasteiger partial charge on any atom is -0.478 e. The number of rotatable bonds is 5. The topological polar surface area (TPSA) is 67.2 Å². The quantitative estimate of drug-likeness (QED) is 0.695. The van der Waals surface area contributed by atoms with Gasteiger partial charge in [0.2, 0.25) is 0 Å². The van der Waals surface area contributed by atoms with Gasteiger partial charge in [0.05, 0.1) is 5.69 Å². The summed E-state index contributed by atoms with van der Waals surface area (Å²) in [6, 6.07) is 1.92. The summed E-state index contributed by atoms with van der Waals surface area (Å²) < 4.78 is 1.73. The highest BCUT2D eigenvalue weighted by Crippen LogP contribution is 1.94. The molecule has 1 aromatic heterocycles. The van der Waals surface area contributed by atoms with Gasteiger partial charge < -0.3 is 10.4 Å². The number of hydrogen-bond donors (Lipinski definition) is 2. The molecule has 0 amide bonds. The van der Waals surface area contributed by atoms with Gasteiger partial charge in [0.1, 0.15) is 0 Å². The first-order chi connectivity index (χ1) is 7.08. The van der Waals surface area contributed by atoms with E-state index in [1.807, 2.05) is 19.3 Å². The Morgan fingerprint density at radius 1 is 1.73 bits per heavy atom. The predicted octanol–water partition coefficient (Wildman–Crippen LogP) is 0.541. The van der Waals surface area contributed by atoms with Crippen LogP contribution in [0, 0.1) is 0 Å². The Hall–Kier alpha value is -1.62. The van der Waals surface area contributed by atoms with Crippen molar-refractivity contribution in [3.05, 3.63) is 29.6 Å². The molecule has 1 rings (SSSR count). The highest BCUT2D eigenvalue weighted by Gasteiger charge is 1.97. The third-order valence-electron chi connectivity index (χ3n) is 1.85. The van der Waals surface area contributed by atoms with E-state index in [9.17, 15) is 4.79 Å². The molecule has 5 heteroatoms. The predicted molar refractivity (Wildman–Crippen MR) is 56.3 cm³/mol. The Morgan fingerprint density at radius 2 is 2.47 bits per heavy atom. The molecule has 0 unspecified atom stereocenters. The zero-order valence-corrected chi connectivity index (χ0v) is 8.90. The summed E-state index contributed by atoms with van der Waals surface area (Å²) in [6.45, 7) is 2.98. The number of aryl methyl sites for hydroxylation is 1. The van der Waals surface area contributed by atoms with Gasteiger partial charge in [0, 0.05) is 32.4 Å². The number of nitrogens with one attached hydrogen (secondary N) is 1. The van der Waals surface area contributed by atoms with Gasteiger partial charge in [-0.15, -0.1) is 0 Å². The summed E-state index contributed by atoms with van der Waals surface area (Å²) in [4.78, 5) is 10.3. The van der Waals surface area contributed by atoms with E-state index in [4.69, 9.17) is 5.11 Å². The van der Waals surface area contributed by atoms with Crippen molar-refractivity contribution >= 4 is 5.97 Å². The Kier molecular flexibility index (Phi) is 4.05. The lowest BCUT2D eigenvalue weighted by molar-refractivity contribution is -0.131. The number of aromatic nitrogens is 2. The van der Waals surface area contributed by atoms with Gasteiger partial charge in [-0.3, -0.25) is 4.68 Å². The van der Waals surface area contributed by atoms with Crippen LogP contribution < -0.4 is 5.32 Å². The molecule has 0 atom stereocenters. The molecule has 0 bridgehead atoms. The molecule has 0 fully saturated rings. The molecule has 0 aliphatic rings. The molecule has 1 aromatic rings. The lowest BCUT2D eigenvalue weighted by Crippen LogP contribution is -2.16. The maximum atomic E-state index is 10.3. The van der Waals surface area contributed by atoms with Gasteiger partial charge in [-0.05, 0) is 13.0 Å². The number of aliphatic carboxylic acids is 1. The van der Waals surface area contributed by atoms with Crippen LogP contribution in [0.15, 0.2) is 23.9 Å². The number of hydrogen-bond acceptors (Lipinski definition) is 3. The maximum absolute atomic E-state index is 10.3. The van der Waals surface area contributed by atoms with Crippen molar-refractivity contribution in [1.82, 2.24) is 15.1 Å². The summed E-state index contributed by atoms with van der Waals surface area (Å²) in [5.74, 6) is -0.910. The first-order valence-electron chi connectivity index (χ1n) is 4.67. The fraction of sp³-hybridized carbons (Fsp3) is 0.400. The molecule has 2 N–H and O–H groups in total. The van der Waals surface area contributed by atoms with Gasteiger partial charge in [0.25, 0.3) is 0 Å². The monoisotopic (exact) mass is 209 g/mol. The average molecular weight is 209 g/mol. The normalized spacial score (nSPS) is 11.7. The average Bonchev–Trinajstić information content (AvgIpc) is 2.50. The van der Waals surface area contributed by atoms with E-state index in [-0.39, 0.29) is 0 Å². The van der Waals surface area contributed by atoms with Crippen LogP contribution in [0.3, 0.4) is 0 Å². The second-order valence-electron chi connectivity index (χ2n) is 3.41. The minimum absolute atomic E-state index is 0.558. The number of carboxylic acid groups (broad SMARTS) is 1. The largest absolute Gasteiger partial charge is 0.478 e. The van der Waals surface area contributed by atoms with Crippen molar-refractivity contribution in [2.24, 2.45) is 7.05 Å². The molecule has 82 valence electrons. The van der Waals surface area contributed by atoms with Gasteiger partial charge in [-0.25, -0.2) is 4.79 Å². The van der Waals surface area contributed by atoms with E-state index in [1.165, 1.54) is 6.08 Å². The van der Waals surface area contributed by atoms with Crippen LogP contribution in [0.5, 0.6) is 0 Å². The molecular formula is C10H15N3O2. The SMILES string of the molecule is C/C(=C/C(=O)O)CNCc1ccn(C)n1. The lowest BCUT2D eigenvalue weighted by Gasteiger charge is -2.01. The van der Waals surface area contributed by atoms with Gasteiger partial charge >= 0.3 is 5.97 Å². The zero-order chi connectivity index (χ0) is 11.3. The Labute approximate surface area is 88.4 Å². The molecule has 1 heterocycles. The molecule has 15 heavy (non-hydrogen) atoms. The highest BCUT2D eigenvalue weighted by atomic mass is 16.4. The Morgan fingerprint density at radius 3 is 3.00 bits per heavy atom. The number of carboxylic acids is 1. The Balaban J connectivity index is 2.30. The van der Waals surface area contributed by atoms with E-state index in [0.717, 1.165) is 11.3 Å². The molecule has 5 nitrogen and oxygen atoms in total. The molecular weight excluding hydrogens is 194 g/mol. The van der Waals surface area contributed by atoms with Crippen molar-refractivity contribution in [2.75, 3.05) is 6.54 Å². The molecule has 0 saturated heterocycles. The molecule has 0 aliphatic heterocycles. The first-order valence-corrected chi connectivity index (χ1v) is 4.67. The standard InChI is InChI=1S/C10H15N3O2/c1-8(5-10(14)15)6-11-7-9-3-4-13(2)12-9/h3-5,11H,6-7H2,1-2H3,(H,14,15)/b8-5-. The fourth-order valence-corrected chi connectivity index (χ4v) is 1.21.